The van der Waals surface area contributed by atoms with Gasteiger partial charge in [0.15, 0.2) is 5.82 Å². The van der Waals surface area contributed by atoms with Crippen LogP contribution in [0.3, 0.4) is 0 Å². The van der Waals surface area contributed by atoms with Crippen LogP contribution in [-0.2, 0) is 18.4 Å². The van der Waals surface area contributed by atoms with Crippen molar-refractivity contribution in [3.63, 3.8) is 0 Å². The maximum atomic E-state index is 11.6. The molecule has 1 aliphatic rings. The van der Waals surface area contributed by atoms with E-state index < -0.39 is 0 Å². The lowest BCUT2D eigenvalue weighted by molar-refractivity contribution is -0.125. The van der Waals surface area contributed by atoms with Gasteiger partial charge in [0, 0.05) is 13.1 Å². The third-order valence-corrected chi connectivity index (χ3v) is 2.74. The first-order chi connectivity index (χ1) is 7.66. The van der Waals surface area contributed by atoms with Gasteiger partial charge in [-0.3, -0.25) is 9.69 Å². The summed E-state index contributed by atoms with van der Waals surface area (Å²) in [6, 6.07) is -0.133. The number of nitrogens with zero attached hydrogens (tertiary/aromatic N) is 5. The summed E-state index contributed by atoms with van der Waals surface area (Å²) in [4.78, 5) is 15.1. The molecule has 0 aliphatic carbocycles. The molecule has 0 saturated carbocycles. The molecule has 0 radical (unpaired) electrons. The summed E-state index contributed by atoms with van der Waals surface area (Å²) in [6.07, 6.45) is 0.955. The summed E-state index contributed by atoms with van der Waals surface area (Å²) in [7, 11) is 1.73. The number of carbonyl (C=O) groups is 1. The fraction of sp³-hybridized carbons (Fsp3) is 0.778. The van der Waals surface area contributed by atoms with E-state index in [1.165, 1.54) is 4.80 Å². The molecule has 1 aromatic rings. The van der Waals surface area contributed by atoms with Gasteiger partial charge in [0.05, 0.1) is 19.6 Å². The molecule has 1 saturated heterocycles. The molecule has 1 atom stereocenters. The summed E-state index contributed by atoms with van der Waals surface area (Å²) in [5.74, 6) is 0.727. The van der Waals surface area contributed by atoms with Gasteiger partial charge in [-0.25, -0.2) is 0 Å². The number of hydrogen-bond acceptors (Lipinski definition) is 5. The van der Waals surface area contributed by atoms with E-state index in [2.05, 4.69) is 25.6 Å². The summed E-state index contributed by atoms with van der Waals surface area (Å²) in [6.45, 7) is 4.09. The standard InChI is InChI=1S/C9H16N6O/c1-7-9(16)10-4-3-5-15(7)6-8-11-13-14(2)12-8/h7H,3-6H2,1-2H3,(H,10,16). The van der Waals surface area contributed by atoms with Crippen LogP contribution in [0.1, 0.15) is 19.2 Å². The lowest BCUT2D eigenvalue weighted by atomic mass is 10.2. The molecule has 0 aromatic carbocycles. The largest absolute Gasteiger partial charge is 0.355 e. The third-order valence-electron chi connectivity index (χ3n) is 2.74. The molecule has 1 N–H and O–H groups in total. The number of amides is 1. The molecule has 1 aliphatic heterocycles. The first kappa shape index (κ1) is 11.0. The van der Waals surface area contributed by atoms with Crippen LogP contribution in [0, 0.1) is 0 Å². The van der Waals surface area contributed by atoms with Crippen molar-refractivity contribution in [2.45, 2.75) is 25.9 Å². The van der Waals surface area contributed by atoms with E-state index >= 15 is 0 Å². The molecular weight excluding hydrogens is 208 g/mol. The average molecular weight is 224 g/mol. The van der Waals surface area contributed by atoms with Gasteiger partial charge in [0.25, 0.3) is 0 Å². The Labute approximate surface area is 93.8 Å². The molecule has 1 aromatic heterocycles. The molecule has 2 heterocycles. The number of aryl methyl sites for hydroxylation is 1. The van der Waals surface area contributed by atoms with Crippen molar-refractivity contribution < 1.29 is 4.79 Å². The van der Waals surface area contributed by atoms with E-state index in [4.69, 9.17) is 0 Å². The highest BCUT2D eigenvalue weighted by Gasteiger charge is 2.24. The van der Waals surface area contributed by atoms with Gasteiger partial charge in [0.2, 0.25) is 5.91 Å². The highest BCUT2D eigenvalue weighted by atomic mass is 16.2. The Morgan fingerprint density at radius 3 is 3.06 bits per heavy atom. The van der Waals surface area contributed by atoms with Crippen LogP contribution >= 0.6 is 0 Å². The second-order valence-corrected chi connectivity index (χ2v) is 3.99. The first-order valence-electron chi connectivity index (χ1n) is 5.41. The van der Waals surface area contributed by atoms with Crippen LogP contribution in [0.15, 0.2) is 0 Å². The van der Waals surface area contributed by atoms with Crippen molar-refractivity contribution in [3.8, 4) is 0 Å². The zero-order valence-corrected chi connectivity index (χ0v) is 9.55. The van der Waals surface area contributed by atoms with Gasteiger partial charge >= 0.3 is 0 Å². The molecule has 0 bridgehead atoms. The van der Waals surface area contributed by atoms with E-state index in [1.807, 2.05) is 6.92 Å². The van der Waals surface area contributed by atoms with Crippen molar-refractivity contribution in [3.05, 3.63) is 5.82 Å². The number of carbonyl (C=O) groups excluding carboxylic acids is 1. The van der Waals surface area contributed by atoms with Crippen molar-refractivity contribution in [2.24, 2.45) is 7.05 Å². The van der Waals surface area contributed by atoms with Gasteiger partial charge < -0.3 is 5.32 Å². The highest BCUT2D eigenvalue weighted by Crippen LogP contribution is 2.07. The van der Waals surface area contributed by atoms with Crippen LogP contribution in [0.5, 0.6) is 0 Å². The first-order valence-corrected chi connectivity index (χ1v) is 5.41. The summed E-state index contributed by atoms with van der Waals surface area (Å²) >= 11 is 0. The molecular formula is C9H16N6O. The van der Waals surface area contributed by atoms with Crippen molar-refractivity contribution in [1.29, 1.82) is 0 Å². The Morgan fingerprint density at radius 1 is 1.56 bits per heavy atom. The molecule has 0 spiro atoms. The predicted molar refractivity (Wildman–Crippen MR) is 56.3 cm³/mol. The van der Waals surface area contributed by atoms with E-state index in [1.54, 1.807) is 7.05 Å². The van der Waals surface area contributed by atoms with Crippen molar-refractivity contribution in [2.75, 3.05) is 13.1 Å². The van der Waals surface area contributed by atoms with Gasteiger partial charge in [-0.05, 0) is 18.6 Å². The molecule has 1 amide bonds. The topological polar surface area (TPSA) is 75.9 Å². The smallest absolute Gasteiger partial charge is 0.237 e. The SMILES string of the molecule is CC1C(=O)NCCCN1Cc1nnn(C)n1. The summed E-state index contributed by atoms with van der Waals surface area (Å²) in [5, 5.41) is 14.7. The fourth-order valence-electron chi connectivity index (χ4n) is 1.79. The summed E-state index contributed by atoms with van der Waals surface area (Å²) < 4.78 is 0. The van der Waals surface area contributed by atoms with Crippen LogP contribution in [0.25, 0.3) is 0 Å². The van der Waals surface area contributed by atoms with E-state index in [0.717, 1.165) is 19.5 Å². The third kappa shape index (κ3) is 2.35. The quantitative estimate of drug-likeness (QED) is 0.691. The number of rotatable bonds is 2. The maximum Gasteiger partial charge on any atom is 0.237 e. The van der Waals surface area contributed by atoms with E-state index in [0.29, 0.717) is 12.4 Å². The Balaban J connectivity index is 2.04. The highest BCUT2D eigenvalue weighted by molar-refractivity contribution is 5.81. The van der Waals surface area contributed by atoms with Crippen LogP contribution in [-0.4, -0.2) is 50.1 Å². The molecule has 2 rings (SSSR count). The molecule has 7 nitrogen and oxygen atoms in total. The molecule has 88 valence electrons. The van der Waals surface area contributed by atoms with E-state index in [-0.39, 0.29) is 11.9 Å². The maximum absolute atomic E-state index is 11.6. The minimum Gasteiger partial charge on any atom is -0.355 e. The minimum absolute atomic E-state index is 0.0707. The summed E-state index contributed by atoms with van der Waals surface area (Å²) in [5.41, 5.74) is 0. The van der Waals surface area contributed by atoms with Crippen LogP contribution in [0.2, 0.25) is 0 Å². The van der Waals surface area contributed by atoms with Crippen molar-refractivity contribution in [1.82, 2.24) is 30.4 Å². The molecule has 16 heavy (non-hydrogen) atoms. The van der Waals surface area contributed by atoms with Crippen LogP contribution in [0.4, 0.5) is 0 Å². The lowest BCUT2D eigenvalue weighted by Gasteiger charge is -2.23. The second-order valence-electron chi connectivity index (χ2n) is 3.99. The lowest BCUT2D eigenvalue weighted by Crippen LogP contribution is -2.41. The van der Waals surface area contributed by atoms with Gasteiger partial charge in [0.1, 0.15) is 0 Å². The zero-order valence-electron chi connectivity index (χ0n) is 9.55. The fourth-order valence-corrected chi connectivity index (χ4v) is 1.79. The Morgan fingerprint density at radius 2 is 2.38 bits per heavy atom. The van der Waals surface area contributed by atoms with E-state index in [9.17, 15) is 4.79 Å². The average Bonchev–Trinajstić information content (AvgIpc) is 2.60. The number of hydrogen-bond donors (Lipinski definition) is 1. The molecule has 1 fully saturated rings. The molecule has 7 heteroatoms. The minimum atomic E-state index is -0.133. The predicted octanol–water partition coefficient (Wildman–Crippen LogP) is -1.08. The Hall–Kier alpha value is -1.50. The van der Waals surface area contributed by atoms with Gasteiger partial charge in [-0.1, -0.05) is 0 Å². The van der Waals surface area contributed by atoms with Gasteiger partial charge in [-0.2, -0.15) is 4.80 Å². The number of nitrogens with one attached hydrogen (secondary N) is 1. The second kappa shape index (κ2) is 4.56. The molecule has 1 unspecified atom stereocenters. The van der Waals surface area contributed by atoms with Gasteiger partial charge in [-0.15, -0.1) is 10.2 Å². The number of tetrazole rings is 1. The zero-order chi connectivity index (χ0) is 11.5. The van der Waals surface area contributed by atoms with Crippen LogP contribution < -0.4 is 5.32 Å². The number of aromatic nitrogens is 4. The Bertz CT molecular complexity index is 376. The monoisotopic (exact) mass is 224 g/mol. The van der Waals surface area contributed by atoms with Crippen molar-refractivity contribution >= 4 is 5.91 Å². The Kier molecular flexibility index (Phi) is 3.14. The normalized spacial score (nSPS) is 22.9.